The Bertz CT molecular complexity index is 777. The SMILES string of the molecule is O=C(NCCc1ccccc1)[C@@H]1CCC[C@H]1C(=O)NCCc1ccc(F)cc1. The van der Waals surface area contributed by atoms with E-state index in [2.05, 4.69) is 10.6 Å². The number of hydrogen-bond acceptors (Lipinski definition) is 2. The number of amides is 2. The molecule has 0 aromatic heterocycles. The van der Waals surface area contributed by atoms with Crippen LogP contribution in [0.15, 0.2) is 54.6 Å². The van der Waals surface area contributed by atoms with Gasteiger partial charge in [0.05, 0.1) is 0 Å². The Morgan fingerprint density at radius 1 is 0.786 bits per heavy atom. The molecule has 0 bridgehead atoms. The summed E-state index contributed by atoms with van der Waals surface area (Å²) < 4.78 is 12.9. The fourth-order valence-corrected chi connectivity index (χ4v) is 3.81. The number of carbonyl (C=O) groups excluding carboxylic acids is 2. The molecule has 148 valence electrons. The van der Waals surface area contributed by atoms with E-state index in [-0.39, 0.29) is 29.5 Å². The minimum Gasteiger partial charge on any atom is -0.356 e. The summed E-state index contributed by atoms with van der Waals surface area (Å²) >= 11 is 0. The Morgan fingerprint density at radius 2 is 1.29 bits per heavy atom. The van der Waals surface area contributed by atoms with Crippen LogP contribution in [0.3, 0.4) is 0 Å². The van der Waals surface area contributed by atoms with Crippen molar-refractivity contribution in [3.05, 3.63) is 71.5 Å². The summed E-state index contributed by atoms with van der Waals surface area (Å²) in [6, 6.07) is 16.3. The van der Waals surface area contributed by atoms with E-state index in [9.17, 15) is 14.0 Å². The Balaban J connectivity index is 1.42. The minimum atomic E-state index is -0.264. The van der Waals surface area contributed by atoms with Gasteiger partial charge in [-0.3, -0.25) is 9.59 Å². The first kappa shape index (κ1) is 20.1. The van der Waals surface area contributed by atoms with E-state index in [1.165, 1.54) is 17.7 Å². The molecular weight excluding hydrogens is 355 g/mol. The fraction of sp³-hybridized carbons (Fsp3) is 0.391. The molecule has 1 aliphatic rings. The molecule has 4 nitrogen and oxygen atoms in total. The van der Waals surface area contributed by atoms with Crippen molar-refractivity contribution in [1.82, 2.24) is 10.6 Å². The zero-order valence-electron chi connectivity index (χ0n) is 16.0. The number of nitrogens with one attached hydrogen (secondary N) is 2. The van der Waals surface area contributed by atoms with Crippen LogP contribution in [-0.2, 0) is 22.4 Å². The summed E-state index contributed by atoms with van der Waals surface area (Å²) in [6.07, 6.45) is 3.83. The highest BCUT2D eigenvalue weighted by Crippen LogP contribution is 2.32. The van der Waals surface area contributed by atoms with Crippen LogP contribution in [0.2, 0.25) is 0 Å². The van der Waals surface area contributed by atoms with Crippen LogP contribution in [0.25, 0.3) is 0 Å². The van der Waals surface area contributed by atoms with Crippen LogP contribution in [0.5, 0.6) is 0 Å². The van der Waals surface area contributed by atoms with Gasteiger partial charge in [-0.2, -0.15) is 0 Å². The molecule has 0 aliphatic heterocycles. The van der Waals surface area contributed by atoms with Gasteiger partial charge in [-0.1, -0.05) is 48.9 Å². The summed E-state index contributed by atoms with van der Waals surface area (Å²) in [7, 11) is 0. The lowest BCUT2D eigenvalue weighted by atomic mass is 9.94. The summed E-state index contributed by atoms with van der Waals surface area (Å²) in [4.78, 5) is 25.1. The van der Waals surface area contributed by atoms with E-state index in [1.807, 2.05) is 30.3 Å². The summed E-state index contributed by atoms with van der Waals surface area (Å²) in [5.74, 6) is -0.846. The molecule has 0 radical (unpaired) electrons. The lowest BCUT2D eigenvalue weighted by Crippen LogP contribution is -2.40. The van der Waals surface area contributed by atoms with E-state index >= 15 is 0 Å². The smallest absolute Gasteiger partial charge is 0.223 e. The average molecular weight is 382 g/mol. The molecule has 2 aromatic rings. The first-order valence-corrected chi connectivity index (χ1v) is 9.97. The molecule has 1 aliphatic carbocycles. The van der Waals surface area contributed by atoms with Crippen LogP contribution in [-0.4, -0.2) is 24.9 Å². The van der Waals surface area contributed by atoms with E-state index in [1.54, 1.807) is 12.1 Å². The number of hydrogen-bond donors (Lipinski definition) is 2. The number of benzene rings is 2. The Morgan fingerprint density at radius 3 is 1.82 bits per heavy atom. The molecule has 0 heterocycles. The Labute approximate surface area is 165 Å². The molecule has 0 spiro atoms. The largest absolute Gasteiger partial charge is 0.356 e. The summed E-state index contributed by atoms with van der Waals surface area (Å²) in [5.41, 5.74) is 2.16. The van der Waals surface area contributed by atoms with Gasteiger partial charge in [-0.05, 0) is 48.9 Å². The average Bonchev–Trinajstić information content (AvgIpc) is 3.20. The van der Waals surface area contributed by atoms with Crippen molar-refractivity contribution in [3.63, 3.8) is 0 Å². The lowest BCUT2D eigenvalue weighted by molar-refractivity contribution is -0.133. The van der Waals surface area contributed by atoms with Crippen LogP contribution in [0.4, 0.5) is 4.39 Å². The third-order valence-electron chi connectivity index (χ3n) is 5.37. The van der Waals surface area contributed by atoms with Crippen molar-refractivity contribution >= 4 is 11.8 Å². The summed E-state index contributed by atoms with van der Waals surface area (Å²) in [6.45, 7) is 1.07. The molecule has 1 fully saturated rings. The zero-order valence-corrected chi connectivity index (χ0v) is 16.0. The molecule has 5 heteroatoms. The van der Waals surface area contributed by atoms with Crippen molar-refractivity contribution < 1.29 is 14.0 Å². The van der Waals surface area contributed by atoms with Gasteiger partial charge in [-0.15, -0.1) is 0 Å². The van der Waals surface area contributed by atoms with Crippen LogP contribution < -0.4 is 10.6 Å². The van der Waals surface area contributed by atoms with Gasteiger partial charge >= 0.3 is 0 Å². The van der Waals surface area contributed by atoms with Gasteiger partial charge in [0, 0.05) is 24.9 Å². The maximum atomic E-state index is 12.9. The topological polar surface area (TPSA) is 58.2 Å². The zero-order chi connectivity index (χ0) is 19.8. The third kappa shape index (κ3) is 5.65. The molecule has 2 amide bonds. The highest BCUT2D eigenvalue weighted by Gasteiger charge is 2.37. The number of rotatable bonds is 8. The molecule has 0 saturated heterocycles. The predicted octanol–water partition coefficient (Wildman–Crippen LogP) is 3.26. The fourth-order valence-electron chi connectivity index (χ4n) is 3.81. The van der Waals surface area contributed by atoms with Gasteiger partial charge in [0.1, 0.15) is 5.82 Å². The molecular formula is C23H27FN2O2. The monoisotopic (exact) mass is 382 g/mol. The maximum absolute atomic E-state index is 12.9. The molecule has 28 heavy (non-hydrogen) atoms. The van der Waals surface area contributed by atoms with Gasteiger partial charge < -0.3 is 10.6 Å². The highest BCUT2D eigenvalue weighted by atomic mass is 19.1. The predicted molar refractivity (Wildman–Crippen MR) is 107 cm³/mol. The first-order chi connectivity index (χ1) is 13.6. The molecule has 2 N–H and O–H groups in total. The second-order valence-electron chi connectivity index (χ2n) is 7.34. The van der Waals surface area contributed by atoms with Crippen molar-refractivity contribution in [2.45, 2.75) is 32.1 Å². The quantitative estimate of drug-likeness (QED) is 0.736. The Kier molecular flexibility index (Phi) is 7.18. The second kappa shape index (κ2) is 10.0. The maximum Gasteiger partial charge on any atom is 0.223 e. The normalized spacial score (nSPS) is 18.6. The van der Waals surface area contributed by atoms with Gasteiger partial charge in [0.25, 0.3) is 0 Å². The molecule has 1 saturated carbocycles. The number of carbonyl (C=O) groups is 2. The lowest BCUT2D eigenvalue weighted by Gasteiger charge is -2.19. The van der Waals surface area contributed by atoms with E-state index in [4.69, 9.17) is 0 Å². The van der Waals surface area contributed by atoms with E-state index < -0.39 is 0 Å². The molecule has 3 rings (SSSR count). The first-order valence-electron chi connectivity index (χ1n) is 9.97. The van der Waals surface area contributed by atoms with Crippen LogP contribution in [0, 0.1) is 17.7 Å². The van der Waals surface area contributed by atoms with Gasteiger partial charge in [0.15, 0.2) is 0 Å². The minimum absolute atomic E-state index is 0.0212. The molecule has 2 atom stereocenters. The van der Waals surface area contributed by atoms with Gasteiger partial charge in [-0.25, -0.2) is 4.39 Å². The van der Waals surface area contributed by atoms with Gasteiger partial charge in [0.2, 0.25) is 11.8 Å². The molecule has 0 unspecified atom stereocenters. The van der Waals surface area contributed by atoms with Crippen LogP contribution >= 0.6 is 0 Å². The highest BCUT2D eigenvalue weighted by molar-refractivity contribution is 5.88. The van der Waals surface area contributed by atoms with E-state index in [0.29, 0.717) is 19.5 Å². The standard InChI is InChI=1S/C23H27FN2O2/c24-19-11-9-18(10-12-19)14-16-26-23(28)21-8-4-7-20(21)22(27)25-15-13-17-5-2-1-3-6-17/h1-3,5-6,9-12,20-21H,4,7-8,13-16H2,(H,25,27)(H,26,28)/t20-,21-/m1/s1. The number of halogens is 1. The third-order valence-corrected chi connectivity index (χ3v) is 5.37. The second-order valence-corrected chi connectivity index (χ2v) is 7.34. The van der Waals surface area contributed by atoms with E-state index in [0.717, 1.165) is 31.2 Å². The van der Waals surface area contributed by atoms with Crippen LogP contribution in [0.1, 0.15) is 30.4 Å². The van der Waals surface area contributed by atoms with Crippen molar-refractivity contribution in [1.29, 1.82) is 0 Å². The summed E-state index contributed by atoms with van der Waals surface area (Å²) in [5, 5.41) is 5.93. The Hall–Kier alpha value is -2.69. The molecule has 2 aromatic carbocycles. The van der Waals surface area contributed by atoms with Crippen molar-refractivity contribution in [2.24, 2.45) is 11.8 Å². The van der Waals surface area contributed by atoms with Crippen molar-refractivity contribution in [3.8, 4) is 0 Å². The van der Waals surface area contributed by atoms with Crippen molar-refractivity contribution in [2.75, 3.05) is 13.1 Å².